The smallest absolute Gasteiger partial charge is 0.303 e. The van der Waals surface area contributed by atoms with Crippen LogP contribution < -0.4 is 15.4 Å². The van der Waals surface area contributed by atoms with Gasteiger partial charge in [-0.2, -0.15) is 4.98 Å². The third kappa shape index (κ3) is 5.69. The monoisotopic (exact) mass is 460 g/mol. The Morgan fingerprint density at radius 1 is 1.15 bits per heavy atom. The van der Waals surface area contributed by atoms with Gasteiger partial charge in [0, 0.05) is 18.0 Å². The first kappa shape index (κ1) is 22.8. The van der Waals surface area contributed by atoms with Crippen LogP contribution >= 0.6 is 0 Å². The van der Waals surface area contributed by atoms with Crippen LogP contribution in [0.1, 0.15) is 30.4 Å². The molecule has 0 saturated carbocycles. The third-order valence-electron chi connectivity index (χ3n) is 5.24. The number of aromatic nitrogens is 2. The zero-order valence-electron chi connectivity index (χ0n) is 18.7. The maximum Gasteiger partial charge on any atom is 0.303 e. The van der Waals surface area contributed by atoms with Crippen molar-refractivity contribution in [2.45, 2.75) is 25.7 Å². The molecule has 0 aliphatic carbocycles. The number of ether oxygens (including phenoxy) is 1. The van der Waals surface area contributed by atoms with E-state index in [9.17, 15) is 9.59 Å². The van der Waals surface area contributed by atoms with Gasteiger partial charge in [-0.1, -0.05) is 25.1 Å². The summed E-state index contributed by atoms with van der Waals surface area (Å²) < 4.78 is 11.0. The lowest BCUT2D eigenvalue weighted by Gasteiger charge is -2.10. The molecule has 0 aliphatic rings. The van der Waals surface area contributed by atoms with Gasteiger partial charge in [0.25, 0.3) is 6.01 Å². The standard InChI is InChI=1S/C25H24N4O5/c1-15(10-24(31)32)17-7-9-22(26-14-17)29-23(30)12-16-6-8-20-21(11-16)34-25(28-20)27-18-4-3-5-19(13-18)33-2/h3-9,11,13-15H,10,12H2,1-2H3,(H,27,28)(H,31,32)(H,26,29,30). The Morgan fingerprint density at radius 3 is 2.74 bits per heavy atom. The molecule has 0 bridgehead atoms. The molecule has 0 fully saturated rings. The number of hydrogen-bond acceptors (Lipinski definition) is 7. The average molecular weight is 460 g/mol. The van der Waals surface area contributed by atoms with E-state index >= 15 is 0 Å². The van der Waals surface area contributed by atoms with Crippen molar-refractivity contribution in [1.82, 2.24) is 9.97 Å². The fourth-order valence-electron chi connectivity index (χ4n) is 3.48. The van der Waals surface area contributed by atoms with Crippen LogP contribution in [0, 0.1) is 0 Å². The van der Waals surface area contributed by atoms with Gasteiger partial charge in [0.15, 0.2) is 5.58 Å². The Bertz CT molecular complexity index is 1320. The van der Waals surface area contributed by atoms with Gasteiger partial charge in [-0.15, -0.1) is 0 Å². The number of aliphatic carboxylic acids is 1. The second kappa shape index (κ2) is 10.0. The molecule has 1 atom stereocenters. The summed E-state index contributed by atoms with van der Waals surface area (Å²) in [6, 6.07) is 16.6. The minimum Gasteiger partial charge on any atom is -0.497 e. The molecule has 0 aliphatic heterocycles. The maximum absolute atomic E-state index is 12.5. The Balaban J connectivity index is 1.39. The van der Waals surface area contributed by atoms with Crippen LogP contribution in [0.25, 0.3) is 11.1 Å². The fraction of sp³-hybridized carbons (Fsp3) is 0.200. The Hall–Kier alpha value is -4.40. The number of fused-ring (bicyclic) bond motifs is 1. The SMILES string of the molecule is COc1cccc(Nc2nc3ccc(CC(=O)Nc4ccc(C(C)CC(=O)O)cn4)cc3o2)c1. The van der Waals surface area contributed by atoms with Gasteiger partial charge in [-0.25, -0.2) is 4.98 Å². The molecule has 0 radical (unpaired) electrons. The first-order valence-corrected chi connectivity index (χ1v) is 10.7. The summed E-state index contributed by atoms with van der Waals surface area (Å²) in [5, 5.41) is 14.8. The Labute approximate surface area is 195 Å². The number of carboxylic acid groups (broad SMARTS) is 1. The number of nitrogens with one attached hydrogen (secondary N) is 2. The van der Waals surface area contributed by atoms with Crippen molar-refractivity contribution in [3.63, 3.8) is 0 Å². The molecule has 174 valence electrons. The molecule has 0 spiro atoms. The number of pyridine rings is 1. The largest absolute Gasteiger partial charge is 0.497 e. The molecule has 0 saturated heterocycles. The van der Waals surface area contributed by atoms with Gasteiger partial charge in [0.05, 0.1) is 20.0 Å². The first-order valence-electron chi connectivity index (χ1n) is 10.7. The summed E-state index contributed by atoms with van der Waals surface area (Å²) in [6.07, 6.45) is 1.74. The van der Waals surface area contributed by atoms with E-state index in [0.717, 1.165) is 16.8 Å². The Kier molecular flexibility index (Phi) is 6.72. The number of amides is 1. The highest BCUT2D eigenvalue weighted by Crippen LogP contribution is 2.25. The van der Waals surface area contributed by atoms with Crippen molar-refractivity contribution >= 4 is 40.5 Å². The van der Waals surface area contributed by atoms with E-state index in [-0.39, 0.29) is 24.7 Å². The van der Waals surface area contributed by atoms with Crippen LogP contribution in [-0.2, 0) is 16.0 Å². The highest BCUT2D eigenvalue weighted by Gasteiger charge is 2.13. The van der Waals surface area contributed by atoms with Crippen molar-refractivity contribution < 1.29 is 23.8 Å². The molecule has 34 heavy (non-hydrogen) atoms. The maximum atomic E-state index is 12.5. The summed E-state index contributed by atoms with van der Waals surface area (Å²) >= 11 is 0. The van der Waals surface area contributed by atoms with Crippen molar-refractivity contribution in [2.24, 2.45) is 0 Å². The first-order chi connectivity index (χ1) is 16.4. The number of anilines is 3. The molecule has 2 aromatic carbocycles. The van der Waals surface area contributed by atoms with E-state index in [0.29, 0.717) is 28.7 Å². The lowest BCUT2D eigenvalue weighted by atomic mass is 10.00. The number of oxazole rings is 1. The average Bonchev–Trinajstić information content (AvgIpc) is 3.20. The van der Waals surface area contributed by atoms with Crippen LogP contribution in [0.3, 0.4) is 0 Å². The molecule has 4 aromatic rings. The topological polar surface area (TPSA) is 127 Å². The van der Waals surface area contributed by atoms with Crippen molar-refractivity contribution in [2.75, 3.05) is 17.7 Å². The molecule has 9 heteroatoms. The summed E-state index contributed by atoms with van der Waals surface area (Å²) in [5.41, 5.74) is 3.57. The van der Waals surface area contributed by atoms with Gasteiger partial charge in [0.2, 0.25) is 5.91 Å². The molecular weight excluding hydrogens is 436 g/mol. The fourth-order valence-corrected chi connectivity index (χ4v) is 3.48. The van der Waals surface area contributed by atoms with Gasteiger partial charge >= 0.3 is 5.97 Å². The number of carboxylic acids is 1. The molecular formula is C25H24N4O5. The molecule has 2 heterocycles. The third-order valence-corrected chi connectivity index (χ3v) is 5.24. The zero-order valence-corrected chi connectivity index (χ0v) is 18.7. The van der Waals surface area contributed by atoms with E-state index in [1.165, 1.54) is 0 Å². The van der Waals surface area contributed by atoms with Gasteiger partial charge < -0.3 is 24.9 Å². The molecule has 1 unspecified atom stereocenters. The van der Waals surface area contributed by atoms with Crippen LogP contribution in [0.2, 0.25) is 0 Å². The Morgan fingerprint density at radius 2 is 2.00 bits per heavy atom. The molecule has 2 aromatic heterocycles. The summed E-state index contributed by atoms with van der Waals surface area (Å²) in [4.78, 5) is 32.0. The summed E-state index contributed by atoms with van der Waals surface area (Å²) in [5.74, 6) is -0.133. The predicted molar refractivity (Wildman–Crippen MR) is 128 cm³/mol. The van der Waals surface area contributed by atoms with Crippen LogP contribution in [0.15, 0.2) is 65.2 Å². The van der Waals surface area contributed by atoms with Crippen molar-refractivity contribution in [3.8, 4) is 5.75 Å². The van der Waals surface area contributed by atoms with Crippen molar-refractivity contribution in [1.29, 1.82) is 0 Å². The van der Waals surface area contributed by atoms with E-state index in [1.54, 1.807) is 37.6 Å². The highest BCUT2D eigenvalue weighted by atomic mass is 16.5. The van der Waals surface area contributed by atoms with Gasteiger partial charge in [-0.3, -0.25) is 9.59 Å². The molecule has 4 rings (SSSR count). The number of methoxy groups -OCH3 is 1. The lowest BCUT2D eigenvalue weighted by molar-refractivity contribution is -0.137. The van der Waals surface area contributed by atoms with Crippen LogP contribution in [0.5, 0.6) is 5.75 Å². The van der Waals surface area contributed by atoms with Crippen molar-refractivity contribution in [3.05, 3.63) is 71.9 Å². The minimum absolute atomic E-state index is 0.0221. The molecule has 3 N–H and O–H groups in total. The normalized spacial score (nSPS) is 11.7. The molecule has 9 nitrogen and oxygen atoms in total. The number of hydrogen-bond donors (Lipinski definition) is 3. The lowest BCUT2D eigenvalue weighted by Crippen LogP contribution is -2.15. The van der Waals surface area contributed by atoms with E-state index in [4.69, 9.17) is 14.3 Å². The second-order valence-corrected chi connectivity index (χ2v) is 7.88. The summed E-state index contributed by atoms with van der Waals surface area (Å²) in [6.45, 7) is 1.82. The number of carbonyl (C=O) groups excluding carboxylic acids is 1. The van der Waals surface area contributed by atoms with Gasteiger partial charge in [0.1, 0.15) is 17.1 Å². The van der Waals surface area contributed by atoms with Crippen LogP contribution in [0.4, 0.5) is 17.5 Å². The van der Waals surface area contributed by atoms with E-state index < -0.39 is 5.97 Å². The van der Waals surface area contributed by atoms with E-state index in [2.05, 4.69) is 20.6 Å². The second-order valence-electron chi connectivity index (χ2n) is 7.88. The number of rotatable bonds is 9. The number of carbonyl (C=O) groups is 2. The highest BCUT2D eigenvalue weighted by molar-refractivity contribution is 5.92. The zero-order chi connectivity index (χ0) is 24.1. The number of nitrogens with zero attached hydrogens (tertiary/aromatic N) is 2. The number of benzene rings is 2. The van der Waals surface area contributed by atoms with Gasteiger partial charge in [-0.05, 0) is 47.4 Å². The summed E-state index contributed by atoms with van der Waals surface area (Å²) in [7, 11) is 1.60. The van der Waals surface area contributed by atoms with Crippen LogP contribution in [-0.4, -0.2) is 34.1 Å². The van der Waals surface area contributed by atoms with E-state index in [1.807, 2.05) is 37.3 Å². The molecule has 1 amide bonds. The predicted octanol–water partition coefficient (Wildman–Crippen LogP) is 4.73. The minimum atomic E-state index is -0.864. The quantitative estimate of drug-likeness (QED) is 0.327.